The third-order valence-corrected chi connectivity index (χ3v) is 4.17. The lowest BCUT2D eigenvalue weighted by molar-refractivity contribution is -0.384. The molecule has 1 unspecified atom stereocenters. The summed E-state index contributed by atoms with van der Waals surface area (Å²) in [6.45, 7) is 0.688. The van der Waals surface area contributed by atoms with E-state index in [0.717, 1.165) is 5.56 Å². The highest BCUT2D eigenvalue weighted by Gasteiger charge is 2.33. The Morgan fingerprint density at radius 3 is 2.82 bits per heavy atom. The summed E-state index contributed by atoms with van der Waals surface area (Å²) in [5, 5.41) is 23.1. The van der Waals surface area contributed by atoms with Crippen molar-refractivity contribution in [2.45, 2.75) is 19.3 Å². The molecule has 1 aromatic rings. The predicted molar refractivity (Wildman–Crippen MR) is 78.0 cm³/mol. The number of aryl methyl sites for hydroxylation is 1. The molecule has 8 heteroatoms. The Morgan fingerprint density at radius 1 is 1.41 bits per heavy atom. The van der Waals surface area contributed by atoms with E-state index in [1.54, 1.807) is 11.0 Å². The number of nitrogens with one attached hydrogen (secondary N) is 1. The summed E-state index contributed by atoms with van der Waals surface area (Å²) in [6, 6.07) is 3.08. The molecule has 2 aliphatic rings. The SMILES string of the molecule is O=C1CCc2cc([N+](=O)[O-])c(N3CCC(C(=O)O)C3)cc2N1. The van der Waals surface area contributed by atoms with Crippen molar-refractivity contribution in [3.05, 3.63) is 27.8 Å². The largest absolute Gasteiger partial charge is 0.481 e. The van der Waals surface area contributed by atoms with Crippen molar-refractivity contribution >= 4 is 28.9 Å². The number of nitro benzene ring substituents is 1. The van der Waals surface area contributed by atoms with Crippen LogP contribution in [0.2, 0.25) is 0 Å². The summed E-state index contributed by atoms with van der Waals surface area (Å²) in [6.07, 6.45) is 1.24. The molecular weight excluding hydrogens is 290 g/mol. The predicted octanol–water partition coefficient (Wildman–Crippen LogP) is 1.39. The molecule has 1 fully saturated rings. The summed E-state index contributed by atoms with van der Waals surface area (Å²) in [5.41, 5.74) is 1.65. The summed E-state index contributed by atoms with van der Waals surface area (Å²) < 4.78 is 0. The number of hydrogen-bond donors (Lipinski definition) is 2. The van der Waals surface area contributed by atoms with Crippen LogP contribution in [0.15, 0.2) is 12.1 Å². The number of aliphatic carboxylic acids is 1. The van der Waals surface area contributed by atoms with E-state index in [1.165, 1.54) is 6.07 Å². The fourth-order valence-electron chi connectivity index (χ4n) is 2.98. The molecule has 1 saturated heterocycles. The highest BCUT2D eigenvalue weighted by Crippen LogP contribution is 2.38. The molecule has 0 aromatic heterocycles. The number of nitrogens with zero attached hydrogens (tertiary/aromatic N) is 2. The van der Waals surface area contributed by atoms with Crippen LogP contribution in [0.3, 0.4) is 0 Å². The zero-order chi connectivity index (χ0) is 15.9. The molecule has 1 amide bonds. The normalized spacial score (nSPS) is 20.5. The molecular formula is C14H15N3O5. The van der Waals surface area contributed by atoms with Gasteiger partial charge in [-0.3, -0.25) is 19.7 Å². The summed E-state index contributed by atoms with van der Waals surface area (Å²) in [7, 11) is 0. The number of fused-ring (bicyclic) bond motifs is 1. The van der Waals surface area contributed by atoms with E-state index in [1.807, 2.05) is 0 Å². The monoisotopic (exact) mass is 305 g/mol. The van der Waals surface area contributed by atoms with Crippen LogP contribution in [0.5, 0.6) is 0 Å². The molecule has 22 heavy (non-hydrogen) atoms. The molecule has 0 radical (unpaired) electrons. The number of hydrogen-bond acceptors (Lipinski definition) is 5. The van der Waals surface area contributed by atoms with Crippen LogP contribution < -0.4 is 10.2 Å². The second-order valence-electron chi connectivity index (χ2n) is 5.57. The van der Waals surface area contributed by atoms with Crippen molar-refractivity contribution < 1.29 is 19.6 Å². The maximum Gasteiger partial charge on any atom is 0.308 e. The van der Waals surface area contributed by atoms with Gasteiger partial charge < -0.3 is 15.3 Å². The van der Waals surface area contributed by atoms with Crippen molar-refractivity contribution in [1.82, 2.24) is 0 Å². The highest BCUT2D eigenvalue weighted by atomic mass is 16.6. The van der Waals surface area contributed by atoms with Gasteiger partial charge in [-0.05, 0) is 24.5 Å². The van der Waals surface area contributed by atoms with Gasteiger partial charge in [-0.1, -0.05) is 0 Å². The lowest BCUT2D eigenvalue weighted by Gasteiger charge is -2.22. The molecule has 0 aliphatic carbocycles. The number of benzene rings is 1. The van der Waals surface area contributed by atoms with Crippen molar-refractivity contribution in [2.75, 3.05) is 23.3 Å². The first-order valence-electron chi connectivity index (χ1n) is 7.04. The summed E-state index contributed by atoms with van der Waals surface area (Å²) in [5.74, 6) is -1.53. The fourth-order valence-corrected chi connectivity index (χ4v) is 2.98. The second kappa shape index (κ2) is 5.28. The first-order chi connectivity index (χ1) is 10.5. The quantitative estimate of drug-likeness (QED) is 0.644. The number of carboxylic acid groups (broad SMARTS) is 1. The lowest BCUT2D eigenvalue weighted by Crippen LogP contribution is -2.25. The smallest absolute Gasteiger partial charge is 0.308 e. The minimum absolute atomic E-state index is 0.0408. The number of anilines is 2. The van der Waals surface area contributed by atoms with Crippen LogP contribution in [0.4, 0.5) is 17.1 Å². The van der Waals surface area contributed by atoms with Gasteiger partial charge in [0.2, 0.25) is 5.91 Å². The molecule has 1 aromatic carbocycles. The van der Waals surface area contributed by atoms with Crippen molar-refractivity contribution in [2.24, 2.45) is 5.92 Å². The molecule has 116 valence electrons. The second-order valence-corrected chi connectivity index (χ2v) is 5.57. The molecule has 0 spiro atoms. The average molecular weight is 305 g/mol. The van der Waals surface area contributed by atoms with Crippen LogP contribution in [0.25, 0.3) is 0 Å². The number of nitro groups is 1. The van der Waals surface area contributed by atoms with Crippen LogP contribution in [-0.2, 0) is 16.0 Å². The molecule has 2 heterocycles. The Morgan fingerprint density at radius 2 is 2.18 bits per heavy atom. The van der Waals surface area contributed by atoms with E-state index in [9.17, 15) is 19.7 Å². The molecule has 2 aliphatic heterocycles. The van der Waals surface area contributed by atoms with Crippen LogP contribution in [0.1, 0.15) is 18.4 Å². The zero-order valence-electron chi connectivity index (χ0n) is 11.7. The summed E-state index contributed by atoms with van der Waals surface area (Å²) in [4.78, 5) is 35.1. The van der Waals surface area contributed by atoms with Gasteiger partial charge in [-0.2, -0.15) is 0 Å². The van der Waals surface area contributed by atoms with Crippen molar-refractivity contribution in [1.29, 1.82) is 0 Å². The van der Waals surface area contributed by atoms with Crippen molar-refractivity contribution in [3.63, 3.8) is 0 Å². The van der Waals surface area contributed by atoms with Gasteiger partial charge in [0.1, 0.15) is 5.69 Å². The Balaban J connectivity index is 1.99. The van der Waals surface area contributed by atoms with Gasteiger partial charge in [0.25, 0.3) is 5.69 Å². The minimum Gasteiger partial charge on any atom is -0.481 e. The number of amides is 1. The molecule has 0 bridgehead atoms. The number of rotatable bonds is 3. The number of carbonyl (C=O) groups is 2. The molecule has 1 atom stereocenters. The van der Waals surface area contributed by atoms with E-state index in [-0.39, 0.29) is 18.1 Å². The Hall–Kier alpha value is -2.64. The van der Waals surface area contributed by atoms with Gasteiger partial charge in [-0.15, -0.1) is 0 Å². The Bertz CT molecular complexity index is 673. The molecule has 3 rings (SSSR count). The third kappa shape index (κ3) is 2.47. The van der Waals surface area contributed by atoms with Crippen molar-refractivity contribution in [3.8, 4) is 0 Å². The molecule has 2 N–H and O–H groups in total. The first-order valence-corrected chi connectivity index (χ1v) is 7.04. The highest BCUT2D eigenvalue weighted by molar-refractivity contribution is 5.95. The van der Waals surface area contributed by atoms with E-state index in [2.05, 4.69) is 5.32 Å². The topological polar surface area (TPSA) is 113 Å². The third-order valence-electron chi connectivity index (χ3n) is 4.17. The van der Waals surface area contributed by atoms with E-state index in [0.29, 0.717) is 37.2 Å². The summed E-state index contributed by atoms with van der Waals surface area (Å²) >= 11 is 0. The number of carbonyl (C=O) groups excluding carboxylic acids is 1. The van der Waals surface area contributed by atoms with Gasteiger partial charge in [-0.25, -0.2) is 0 Å². The maximum absolute atomic E-state index is 11.5. The van der Waals surface area contributed by atoms with E-state index in [4.69, 9.17) is 5.11 Å². The number of carboxylic acids is 1. The zero-order valence-corrected chi connectivity index (χ0v) is 11.7. The Kier molecular flexibility index (Phi) is 3.44. The van der Waals surface area contributed by atoms with Crippen LogP contribution in [-0.4, -0.2) is 35.0 Å². The van der Waals surface area contributed by atoms with Gasteiger partial charge >= 0.3 is 5.97 Å². The van der Waals surface area contributed by atoms with Crippen LogP contribution >= 0.6 is 0 Å². The Labute approximate surface area is 125 Å². The fraction of sp³-hybridized carbons (Fsp3) is 0.429. The van der Waals surface area contributed by atoms with Gasteiger partial charge in [0.05, 0.1) is 10.8 Å². The minimum atomic E-state index is -0.892. The van der Waals surface area contributed by atoms with E-state index >= 15 is 0 Å². The van der Waals surface area contributed by atoms with Gasteiger partial charge in [0, 0.05) is 31.3 Å². The van der Waals surface area contributed by atoms with Crippen LogP contribution in [0, 0.1) is 16.0 Å². The van der Waals surface area contributed by atoms with E-state index < -0.39 is 16.8 Å². The molecule has 0 saturated carbocycles. The lowest BCUT2D eigenvalue weighted by atomic mass is 10.0. The molecule has 8 nitrogen and oxygen atoms in total. The average Bonchev–Trinajstić information content (AvgIpc) is 2.95. The standard InChI is InChI=1S/C14H15N3O5/c18-13-2-1-8-5-12(17(21)22)11(6-10(8)15-13)16-4-3-9(7-16)14(19)20/h5-6,9H,1-4,7H2,(H,15,18)(H,19,20). The maximum atomic E-state index is 11.5. The van der Waals surface area contributed by atoms with Gasteiger partial charge in [0.15, 0.2) is 0 Å². The first kappa shape index (κ1) is 14.3.